The highest BCUT2D eigenvalue weighted by molar-refractivity contribution is 7.81. The van der Waals surface area contributed by atoms with Crippen LogP contribution < -0.4 is 0 Å². The third-order valence-corrected chi connectivity index (χ3v) is 3.97. The summed E-state index contributed by atoms with van der Waals surface area (Å²) >= 11 is 11.4. The van der Waals surface area contributed by atoms with Crippen LogP contribution in [0.2, 0.25) is 5.02 Å². The molecule has 0 saturated heterocycles. The van der Waals surface area contributed by atoms with Gasteiger partial charge in [-0.25, -0.2) is 4.79 Å². The van der Waals surface area contributed by atoms with Crippen molar-refractivity contribution in [2.75, 3.05) is 0 Å². The molecule has 1 heterocycles. The third kappa shape index (κ3) is 1.39. The number of carboxylic acids is 1. The molecule has 1 N–H and O–H groups in total. The van der Waals surface area contributed by atoms with Gasteiger partial charge in [-0.3, -0.25) is 0 Å². The first-order valence-corrected chi connectivity index (χ1v) is 5.43. The molecule has 0 bridgehead atoms. The number of thiophene rings is 1. The molecule has 1 aromatic heterocycles. The van der Waals surface area contributed by atoms with Crippen molar-refractivity contribution in [1.29, 1.82) is 0 Å². The molecule has 14 heavy (non-hydrogen) atoms. The molecular formula is C9H5ClO2S2. The lowest BCUT2D eigenvalue weighted by molar-refractivity contribution is 0.0699. The standard InChI is InChI=1S/C9H5ClO2S2/c10-6-2-1-4-5(9(11)12)3-14-8(4)7(6)13/h1-3,13H,(H,11,12). The molecule has 0 aliphatic heterocycles. The van der Waals surface area contributed by atoms with Crippen LogP contribution in [-0.2, 0) is 0 Å². The molecule has 0 atom stereocenters. The molecule has 0 fully saturated rings. The van der Waals surface area contributed by atoms with Crippen molar-refractivity contribution < 1.29 is 9.90 Å². The van der Waals surface area contributed by atoms with Crippen LogP contribution in [0.5, 0.6) is 0 Å². The lowest BCUT2D eigenvalue weighted by Crippen LogP contribution is -1.93. The smallest absolute Gasteiger partial charge is 0.337 e. The number of fused-ring (bicyclic) bond motifs is 1. The molecule has 1 aromatic carbocycles. The van der Waals surface area contributed by atoms with Crippen molar-refractivity contribution >= 4 is 51.6 Å². The topological polar surface area (TPSA) is 37.3 Å². The number of hydrogen-bond donors (Lipinski definition) is 2. The Balaban J connectivity index is 2.83. The van der Waals surface area contributed by atoms with Crippen LogP contribution in [0.1, 0.15) is 10.4 Å². The highest BCUT2D eigenvalue weighted by Gasteiger charge is 2.13. The van der Waals surface area contributed by atoms with Crippen molar-refractivity contribution in [3.63, 3.8) is 0 Å². The molecule has 0 saturated carbocycles. The number of aromatic carboxylic acids is 1. The zero-order chi connectivity index (χ0) is 10.3. The number of carbonyl (C=O) groups is 1. The first-order chi connectivity index (χ1) is 6.61. The van der Waals surface area contributed by atoms with Gasteiger partial charge in [0.15, 0.2) is 0 Å². The Bertz CT molecular complexity index is 519. The fraction of sp³-hybridized carbons (Fsp3) is 0. The van der Waals surface area contributed by atoms with Crippen molar-refractivity contribution in [2.45, 2.75) is 4.90 Å². The van der Waals surface area contributed by atoms with Gasteiger partial charge >= 0.3 is 5.97 Å². The maximum absolute atomic E-state index is 10.8. The summed E-state index contributed by atoms with van der Waals surface area (Å²) in [7, 11) is 0. The van der Waals surface area contributed by atoms with E-state index in [1.165, 1.54) is 11.3 Å². The first-order valence-electron chi connectivity index (χ1n) is 3.73. The van der Waals surface area contributed by atoms with E-state index < -0.39 is 5.97 Å². The molecule has 0 amide bonds. The van der Waals surface area contributed by atoms with Crippen LogP contribution in [0.4, 0.5) is 0 Å². The maximum Gasteiger partial charge on any atom is 0.337 e. The number of halogens is 1. The van der Waals surface area contributed by atoms with Crippen molar-refractivity contribution in [2.24, 2.45) is 0 Å². The van der Waals surface area contributed by atoms with E-state index in [0.29, 0.717) is 20.9 Å². The van der Waals surface area contributed by atoms with Gasteiger partial charge in [0.2, 0.25) is 0 Å². The molecule has 0 spiro atoms. The zero-order valence-corrected chi connectivity index (χ0v) is 9.29. The Morgan fingerprint density at radius 1 is 1.50 bits per heavy atom. The second-order valence-electron chi connectivity index (χ2n) is 2.73. The summed E-state index contributed by atoms with van der Waals surface area (Å²) < 4.78 is 0.818. The highest BCUT2D eigenvalue weighted by Crippen LogP contribution is 2.35. The summed E-state index contributed by atoms with van der Waals surface area (Å²) in [6.07, 6.45) is 0. The van der Waals surface area contributed by atoms with Gasteiger partial charge in [-0.2, -0.15) is 0 Å². The average Bonchev–Trinajstić information content (AvgIpc) is 2.55. The predicted octanol–water partition coefficient (Wildman–Crippen LogP) is 3.54. The van der Waals surface area contributed by atoms with Gasteiger partial charge in [0.05, 0.1) is 10.6 Å². The summed E-state index contributed by atoms with van der Waals surface area (Å²) in [6.45, 7) is 0. The Labute approximate surface area is 94.5 Å². The van der Waals surface area contributed by atoms with Gasteiger partial charge in [0.1, 0.15) is 0 Å². The van der Waals surface area contributed by atoms with E-state index in [4.69, 9.17) is 16.7 Å². The van der Waals surface area contributed by atoms with Gasteiger partial charge in [0.25, 0.3) is 0 Å². The lowest BCUT2D eigenvalue weighted by atomic mass is 10.2. The van der Waals surface area contributed by atoms with E-state index in [1.807, 2.05) is 0 Å². The van der Waals surface area contributed by atoms with Crippen molar-refractivity contribution in [3.05, 3.63) is 28.1 Å². The van der Waals surface area contributed by atoms with E-state index in [1.54, 1.807) is 17.5 Å². The number of thiol groups is 1. The quantitative estimate of drug-likeness (QED) is 0.753. The Morgan fingerprint density at radius 2 is 2.21 bits per heavy atom. The van der Waals surface area contributed by atoms with Crippen LogP contribution in [-0.4, -0.2) is 11.1 Å². The van der Waals surface area contributed by atoms with Crippen molar-refractivity contribution in [3.8, 4) is 0 Å². The van der Waals surface area contributed by atoms with Crippen LogP contribution in [0.25, 0.3) is 10.1 Å². The molecule has 0 aliphatic rings. The Hall–Kier alpha value is -0.710. The molecule has 2 aromatic rings. The van der Waals surface area contributed by atoms with E-state index >= 15 is 0 Å². The number of carboxylic acid groups (broad SMARTS) is 1. The minimum absolute atomic E-state index is 0.303. The van der Waals surface area contributed by atoms with E-state index in [2.05, 4.69) is 12.6 Å². The lowest BCUT2D eigenvalue weighted by Gasteiger charge is -1.98. The summed E-state index contributed by atoms with van der Waals surface area (Å²) in [5.74, 6) is -0.925. The van der Waals surface area contributed by atoms with Crippen LogP contribution in [0.15, 0.2) is 22.4 Å². The number of rotatable bonds is 1. The van der Waals surface area contributed by atoms with E-state index in [9.17, 15) is 4.79 Å². The van der Waals surface area contributed by atoms with Gasteiger partial charge in [-0.05, 0) is 6.07 Å². The minimum atomic E-state index is -0.925. The molecule has 2 rings (SSSR count). The molecule has 2 nitrogen and oxygen atoms in total. The third-order valence-electron chi connectivity index (χ3n) is 1.90. The van der Waals surface area contributed by atoms with Crippen molar-refractivity contribution in [1.82, 2.24) is 0 Å². The fourth-order valence-corrected chi connectivity index (χ4v) is 2.78. The molecule has 0 unspecified atom stereocenters. The highest BCUT2D eigenvalue weighted by atomic mass is 35.5. The summed E-state index contributed by atoms with van der Waals surface area (Å²) in [5, 5.41) is 11.7. The molecule has 0 radical (unpaired) electrons. The van der Waals surface area contributed by atoms with E-state index in [0.717, 1.165) is 4.70 Å². The van der Waals surface area contributed by atoms with Gasteiger partial charge in [-0.1, -0.05) is 17.7 Å². The number of hydrogen-bond acceptors (Lipinski definition) is 3. The summed E-state index contributed by atoms with van der Waals surface area (Å²) in [6, 6.07) is 3.36. The Morgan fingerprint density at radius 3 is 2.86 bits per heavy atom. The van der Waals surface area contributed by atoms with Crippen LogP contribution >= 0.6 is 35.6 Å². The molecular weight excluding hydrogens is 240 g/mol. The zero-order valence-electron chi connectivity index (χ0n) is 6.82. The second kappa shape index (κ2) is 3.46. The van der Waals surface area contributed by atoms with Crippen LogP contribution in [0, 0.1) is 0 Å². The Kier molecular flexibility index (Phi) is 2.43. The first kappa shape index (κ1) is 9.83. The fourth-order valence-electron chi connectivity index (χ4n) is 1.23. The average molecular weight is 245 g/mol. The maximum atomic E-state index is 10.8. The SMILES string of the molecule is O=C(O)c1csc2c(S)c(Cl)ccc12. The van der Waals surface area contributed by atoms with E-state index in [-0.39, 0.29) is 0 Å². The summed E-state index contributed by atoms with van der Waals surface area (Å²) in [4.78, 5) is 11.5. The largest absolute Gasteiger partial charge is 0.478 e. The minimum Gasteiger partial charge on any atom is -0.478 e. The molecule has 5 heteroatoms. The normalized spacial score (nSPS) is 10.7. The predicted molar refractivity (Wildman–Crippen MR) is 61.0 cm³/mol. The summed E-state index contributed by atoms with van der Waals surface area (Å²) in [5.41, 5.74) is 0.303. The van der Waals surface area contributed by atoms with Gasteiger partial charge in [0, 0.05) is 20.4 Å². The van der Waals surface area contributed by atoms with Gasteiger partial charge < -0.3 is 5.11 Å². The second-order valence-corrected chi connectivity index (χ2v) is 4.46. The molecule has 0 aliphatic carbocycles. The number of benzene rings is 1. The monoisotopic (exact) mass is 244 g/mol. The van der Waals surface area contributed by atoms with Crippen LogP contribution in [0.3, 0.4) is 0 Å². The molecule has 72 valence electrons. The van der Waals surface area contributed by atoms with Gasteiger partial charge in [-0.15, -0.1) is 24.0 Å².